The van der Waals surface area contributed by atoms with Crippen molar-refractivity contribution in [1.29, 1.82) is 0 Å². The van der Waals surface area contributed by atoms with Crippen LogP contribution in [0.4, 0.5) is 0 Å². The summed E-state index contributed by atoms with van der Waals surface area (Å²) < 4.78 is 0. The summed E-state index contributed by atoms with van der Waals surface area (Å²) in [5.41, 5.74) is 0.870. The maximum absolute atomic E-state index is 12.7. The Morgan fingerprint density at radius 1 is 1.28 bits per heavy atom. The van der Waals surface area contributed by atoms with E-state index in [9.17, 15) is 14.4 Å². The van der Waals surface area contributed by atoms with Crippen LogP contribution in [0, 0.1) is 5.92 Å². The quantitative estimate of drug-likeness (QED) is 0.780. The zero-order valence-electron chi connectivity index (χ0n) is 14.7. The van der Waals surface area contributed by atoms with E-state index in [4.69, 9.17) is 0 Å². The van der Waals surface area contributed by atoms with E-state index in [1.807, 2.05) is 12.1 Å². The average molecular weight is 344 g/mol. The molecule has 1 aromatic heterocycles. The molecule has 3 fully saturated rings. The monoisotopic (exact) mass is 344 g/mol. The molecule has 134 valence electrons. The van der Waals surface area contributed by atoms with Crippen LogP contribution in [-0.4, -0.2) is 77.2 Å². The highest BCUT2D eigenvalue weighted by Gasteiger charge is 2.42. The van der Waals surface area contributed by atoms with E-state index in [1.54, 1.807) is 36.3 Å². The van der Waals surface area contributed by atoms with Crippen molar-refractivity contribution in [3.8, 4) is 0 Å². The van der Waals surface area contributed by atoms with Gasteiger partial charge in [0.05, 0.1) is 12.3 Å². The standard InChI is InChI=1S/C18H24N4O3/c1-20(2)17(24)12-22-15-6-5-14(18(22)25)10-21(11-15)16(23)8-13-4-3-7-19-9-13/h3-4,7,9,14-15H,5-6,8,10-12H2,1-2H3/t14-,15+/m1/s1. The Hall–Kier alpha value is -2.44. The Morgan fingerprint density at radius 2 is 2.08 bits per heavy atom. The van der Waals surface area contributed by atoms with E-state index in [2.05, 4.69) is 4.98 Å². The first-order valence-corrected chi connectivity index (χ1v) is 8.63. The molecule has 1 aromatic rings. The van der Waals surface area contributed by atoms with Gasteiger partial charge in [0.1, 0.15) is 6.54 Å². The molecule has 2 bridgehead atoms. The van der Waals surface area contributed by atoms with E-state index in [0.29, 0.717) is 13.1 Å². The fourth-order valence-corrected chi connectivity index (χ4v) is 3.53. The summed E-state index contributed by atoms with van der Waals surface area (Å²) in [7, 11) is 3.37. The molecule has 4 rings (SSSR count). The third-order valence-corrected chi connectivity index (χ3v) is 5.03. The van der Waals surface area contributed by atoms with Crippen LogP contribution in [0.15, 0.2) is 24.5 Å². The van der Waals surface area contributed by atoms with Crippen LogP contribution >= 0.6 is 0 Å². The van der Waals surface area contributed by atoms with Crippen LogP contribution in [0.2, 0.25) is 0 Å². The van der Waals surface area contributed by atoms with Crippen LogP contribution in [0.5, 0.6) is 0 Å². The molecule has 3 amide bonds. The smallest absolute Gasteiger partial charge is 0.241 e. The highest BCUT2D eigenvalue weighted by molar-refractivity contribution is 5.88. The van der Waals surface area contributed by atoms with Gasteiger partial charge in [-0.3, -0.25) is 19.4 Å². The maximum atomic E-state index is 12.7. The number of carbonyl (C=O) groups is 3. The minimum atomic E-state index is -0.202. The van der Waals surface area contributed by atoms with E-state index in [1.165, 1.54) is 4.90 Å². The van der Waals surface area contributed by atoms with Crippen molar-refractivity contribution in [1.82, 2.24) is 19.7 Å². The van der Waals surface area contributed by atoms with Gasteiger partial charge in [0.15, 0.2) is 0 Å². The molecule has 7 heteroatoms. The number of rotatable bonds is 4. The van der Waals surface area contributed by atoms with E-state index < -0.39 is 0 Å². The zero-order valence-corrected chi connectivity index (χ0v) is 14.7. The molecular formula is C18H24N4O3. The number of fused-ring (bicyclic) bond motifs is 4. The molecule has 25 heavy (non-hydrogen) atoms. The minimum absolute atomic E-state index is 0.00290. The SMILES string of the molecule is CN(C)C(=O)CN1C(=O)[C@@H]2CC[C@H]1CN(C(=O)Cc1cccnc1)C2. The molecular weight excluding hydrogens is 320 g/mol. The van der Waals surface area contributed by atoms with Gasteiger partial charge in [-0.1, -0.05) is 6.07 Å². The largest absolute Gasteiger partial charge is 0.347 e. The molecule has 0 aromatic carbocycles. The number of carbonyl (C=O) groups excluding carboxylic acids is 3. The molecule has 0 aliphatic carbocycles. The van der Waals surface area contributed by atoms with Crippen LogP contribution in [0.1, 0.15) is 18.4 Å². The Morgan fingerprint density at radius 3 is 2.76 bits per heavy atom. The van der Waals surface area contributed by atoms with E-state index in [-0.39, 0.29) is 42.6 Å². The highest BCUT2D eigenvalue weighted by atomic mass is 16.2. The van der Waals surface area contributed by atoms with Crippen molar-refractivity contribution >= 4 is 17.7 Å². The van der Waals surface area contributed by atoms with E-state index in [0.717, 1.165) is 18.4 Å². The predicted molar refractivity (Wildman–Crippen MR) is 91.4 cm³/mol. The second-order valence-corrected chi connectivity index (χ2v) is 7.02. The van der Waals surface area contributed by atoms with Gasteiger partial charge in [0, 0.05) is 45.6 Å². The number of amides is 3. The minimum Gasteiger partial charge on any atom is -0.347 e. The van der Waals surface area contributed by atoms with E-state index >= 15 is 0 Å². The number of likely N-dealkylation sites (N-methyl/N-ethyl adjacent to an activating group) is 1. The zero-order chi connectivity index (χ0) is 18.0. The highest BCUT2D eigenvalue weighted by Crippen LogP contribution is 2.29. The summed E-state index contributed by atoms with van der Waals surface area (Å²) in [6, 6.07) is 3.62. The van der Waals surface area contributed by atoms with Crippen LogP contribution in [-0.2, 0) is 20.8 Å². The normalized spacial score (nSPS) is 22.7. The molecule has 7 nitrogen and oxygen atoms in total. The first-order valence-electron chi connectivity index (χ1n) is 8.63. The van der Waals surface area contributed by atoms with Gasteiger partial charge in [-0.25, -0.2) is 0 Å². The number of aromatic nitrogens is 1. The van der Waals surface area contributed by atoms with Crippen molar-refractivity contribution in [2.45, 2.75) is 25.3 Å². The molecule has 0 unspecified atom stereocenters. The average Bonchev–Trinajstić information content (AvgIpc) is 2.88. The maximum Gasteiger partial charge on any atom is 0.241 e. The second kappa shape index (κ2) is 7.21. The Bertz CT molecular complexity index is 662. The fourth-order valence-electron chi connectivity index (χ4n) is 3.53. The van der Waals surface area contributed by atoms with Gasteiger partial charge in [-0.2, -0.15) is 0 Å². The van der Waals surface area contributed by atoms with Crippen LogP contribution in [0.25, 0.3) is 0 Å². The topological polar surface area (TPSA) is 73.8 Å². The van der Waals surface area contributed by atoms with Crippen LogP contribution in [0.3, 0.4) is 0 Å². The summed E-state index contributed by atoms with van der Waals surface area (Å²) in [4.78, 5) is 46.4. The van der Waals surface area contributed by atoms with Gasteiger partial charge in [-0.15, -0.1) is 0 Å². The number of pyridine rings is 1. The first-order chi connectivity index (χ1) is 12.0. The molecule has 0 N–H and O–H groups in total. The molecule has 0 saturated carbocycles. The lowest BCUT2D eigenvalue weighted by Crippen LogP contribution is -2.51. The van der Waals surface area contributed by atoms with Crippen molar-refractivity contribution < 1.29 is 14.4 Å². The van der Waals surface area contributed by atoms with Gasteiger partial charge in [0.25, 0.3) is 0 Å². The van der Waals surface area contributed by atoms with Crippen LogP contribution < -0.4 is 0 Å². The van der Waals surface area contributed by atoms with Crippen molar-refractivity contribution in [3.05, 3.63) is 30.1 Å². The predicted octanol–water partition coefficient (Wildman–Crippen LogP) is 0.162. The number of piperidine rings is 1. The molecule has 0 spiro atoms. The number of nitrogens with zero attached hydrogens (tertiary/aromatic N) is 4. The molecule has 4 heterocycles. The summed E-state index contributed by atoms with van der Waals surface area (Å²) >= 11 is 0. The van der Waals surface area contributed by atoms with Gasteiger partial charge in [-0.05, 0) is 24.5 Å². The summed E-state index contributed by atoms with van der Waals surface area (Å²) in [5, 5.41) is 0. The Labute approximate surface area is 147 Å². The van der Waals surface area contributed by atoms with Gasteiger partial charge in [0.2, 0.25) is 17.7 Å². The summed E-state index contributed by atoms with van der Waals surface area (Å²) in [5.74, 6) is -0.276. The summed E-state index contributed by atoms with van der Waals surface area (Å²) in [6.07, 6.45) is 5.29. The second-order valence-electron chi connectivity index (χ2n) is 7.02. The molecule has 2 atom stereocenters. The van der Waals surface area contributed by atoms with Gasteiger partial charge < -0.3 is 14.7 Å². The third-order valence-electron chi connectivity index (χ3n) is 5.03. The Kier molecular flexibility index (Phi) is 5.01. The molecule has 0 radical (unpaired) electrons. The third kappa shape index (κ3) is 3.81. The first kappa shape index (κ1) is 17.4. The van der Waals surface area contributed by atoms with Gasteiger partial charge >= 0.3 is 0 Å². The lowest BCUT2D eigenvalue weighted by Gasteiger charge is -2.35. The van der Waals surface area contributed by atoms with Crippen molar-refractivity contribution in [2.75, 3.05) is 33.7 Å². The summed E-state index contributed by atoms with van der Waals surface area (Å²) in [6.45, 7) is 1.04. The molecule has 3 saturated heterocycles. The number of hydrogen-bond donors (Lipinski definition) is 0. The Balaban J connectivity index is 1.71. The lowest BCUT2D eigenvalue weighted by molar-refractivity contribution is -0.145. The lowest BCUT2D eigenvalue weighted by atomic mass is 9.94. The van der Waals surface area contributed by atoms with Crippen molar-refractivity contribution in [2.24, 2.45) is 5.92 Å². The van der Waals surface area contributed by atoms with Crippen molar-refractivity contribution in [3.63, 3.8) is 0 Å². The molecule has 3 aliphatic heterocycles. The molecule has 3 aliphatic rings. The fraction of sp³-hybridized carbons (Fsp3) is 0.556. The number of hydrogen-bond acceptors (Lipinski definition) is 4.